The Kier molecular flexibility index (Phi) is 8.39. The van der Waals surface area contributed by atoms with E-state index in [2.05, 4.69) is 10.6 Å². The summed E-state index contributed by atoms with van der Waals surface area (Å²) in [6.45, 7) is 3.02. The number of thioether (sulfide) groups is 1. The molecule has 1 aliphatic rings. The Balaban J connectivity index is 1.70. The molecule has 0 heterocycles. The van der Waals surface area contributed by atoms with Crippen molar-refractivity contribution in [1.29, 1.82) is 0 Å². The fourth-order valence-corrected chi connectivity index (χ4v) is 4.18. The highest BCUT2D eigenvalue weighted by Gasteiger charge is 2.13. The minimum absolute atomic E-state index is 0.316. The number of thiocarbonyl (C=S) groups is 1. The molecule has 0 unspecified atom stereocenters. The van der Waals surface area contributed by atoms with Crippen LogP contribution in [0.4, 0.5) is 5.69 Å². The van der Waals surface area contributed by atoms with Gasteiger partial charge in [-0.1, -0.05) is 25.3 Å². The predicted octanol–water partition coefficient (Wildman–Crippen LogP) is 4.22. The van der Waals surface area contributed by atoms with Crippen LogP contribution in [0.1, 0.15) is 49.4 Å². The van der Waals surface area contributed by atoms with E-state index >= 15 is 0 Å². The van der Waals surface area contributed by atoms with Crippen LogP contribution in [0, 0.1) is 0 Å². The number of ether oxygens (including phenoxy) is 1. The molecule has 4 nitrogen and oxygen atoms in total. The molecule has 1 fully saturated rings. The van der Waals surface area contributed by atoms with Gasteiger partial charge in [0.15, 0.2) is 5.11 Å². The van der Waals surface area contributed by atoms with E-state index in [0.29, 0.717) is 17.3 Å². The van der Waals surface area contributed by atoms with Gasteiger partial charge in [0.1, 0.15) is 0 Å². The molecule has 24 heavy (non-hydrogen) atoms. The molecule has 1 aromatic rings. The van der Waals surface area contributed by atoms with Crippen LogP contribution >= 0.6 is 24.0 Å². The number of nitrogens with one attached hydrogen (secondary N) is 2. The van der Waals surface area contributed by atoms with Crippen LogP contribution in [0.2, 0.25) is 0 Å². The van der Waals surface area contributed by atoms with Gasteiger partial charge in [-0.3, -0.25) is 0 Å². The van der Waals surface area contributed by atoms with E-state index in [1.807, 2.05) is 23.9 Å². The third kappa shape index (κ3) is 6.69. The van der Waals surface area contributed by atoms with Gasteiger partial charge in [0.2, 0.25) is 0 Å². The second-order valence-electron chi connectivity index (χ2n) is 5.81. The Bertz CT molecular complexity index is 546. The molecule has 0 bridgehead atoms. The number of carbonyl (C=O) groups is 1. The summed E-state index contributed by atoms with van der Waals surface area (Å²) < 4.78 is 5.01. The zero-order valence-corrected chi connectivity index (χ0v) is 15.8. The fraction of sp³-hybridized carbons (Fsp3) is 0.556. The lowest BCUT2D eigenvalue weighted by Gasteiger charge is -2.21. The Morgan fingerprint density at radius 1 is 1.33 bits per heavy atom. The number of hydrogen-bond donors (Lipinski definition) is 2. The van der Waals surface area contributed by atoms with Crippen LogP contribution in [-0.2, 0) is 4.74 Å². The maximum Gasteiger partial charge on any atom is 0.338 e. The summed E-state index contributed by atoms with van der Waals surface area (Å²) in [5.74, 6) is 0.749. The van der Waals surface area contributed by atoms with E-state index in [4.69, 9.17) is 17.0 Å². The van der Waals surface area contributed by atoms with Gasteiger partial charge in [0.25, 0.3) is 0 Å². The average molecular weight is 367 g/mol. The zero-order valence-electron chi connectivity index (χ0n) is 14.2. The van der Waals surface area contributed by atoms with Gasteiger partial charge in [-0.05, 0) is 50.2 Å². The number of esters is 1. The molecule has 0 aromatic heterocycles. The molecule has 0 saturated heterocycles. The number of hydrogen-bond acceptors (Lipinski definition) is 4. The van der Waals surface area contributed by atoms with E-state index in [9.17, 15) is 4.79 Å². The molecular formula is C18H26N2O2S2. The summed E-state index contributed by atoms with van der Waals surface area (Å²) in [4.78, 5) is 11.7. The van der Waals surface area contributed by atoms with Crippen molar-refractivity contribution in [2.24, 2.45) is 0 Å². The summed E-state index contributed by atoms with van der Waals surface area (Å²) in [6, 6.07) is 7.19. The largest absolute Gasteiger partial charge is 0.462 e. The Morgan fingerprint density at radius 2 is 2.12 bits per heavy atom. The zero-order chi connectivity index (χ0) is 17.2. The molecule has 6 heteroatoms. The minimum Gasteiger partial charge on any atom is -0.462 e. The minimum atomic E-state index is -0.316. The van der Waals surface area contributed by atoms with Crippen molar-refractivity contribution in [1.82, 2.24) is 5.32 Å². The quantitative estimate of drug-likeness (QED) is 0.428. The fourth-order valence-electron chi connectivity index (χ4n) is 2.74. The standard InChI is InChI=1S/C18H26N2O2S2/c1-2-22-17(21)14-7-6-8-15(13-14)20-18(23)19-11-12-24-16-9-4-3-5-10-16/h6-8,13,16H,2-5,9-12H2,1H3,(H2,19,20,23). The van der Waals surface area contributed by atoms with E-state index in [-0.39, 0.29) is 5.97 Å². The van der Waals surface area contributed by atoms with Gasteiger partial charge < -0.3 is 15.4 Å². The highest BCUT2D eigenvalue weighted by Crippen LogP contribution is 2.27. The van der Waals surface area contributed by atoms with Crippen LogP contribution in [-0.4, -0.2) is 35.2 Å². The van der Waals surface area contributed by atoms with E-state index in [0.717, 1.165) is 23.2 Å². The molecule has 0 amide bonds. The number of benzene rings is 1. The van der Waals surface area contributed by atoms with Gasteiger partial charge in [-0.15, -0.1) is 0 Å². The molecule has 1 saturated carbocycles. The topological polar surface area (TPSA) is 50.4 Å². The van der Waals surface area contributed by atoms with Crippen LogP contribution in [0.3, 0.4) is 0 Å². The van der Waals surface area contributed by atoms with Crippen molar-refractivity contribution in [3.05, 3.63) is 29.8 Å². The summed E-state index contributed by atoms with van der Waals surface area (Å²) in [5, 5.41) is 7.76. The summed E-state index contributed by atoms with van der Waals surface area (Å²) in [6.07, 6.45) is 6.86. The second-order valence-corrected chi connectivity index (χ2v) is 7.63. The number of carbonyl (C=O) groups excluding carboxylic acids is 1. The first kappa shape index (κ1) is 19.1. The van der Waals surface area contributed by atoms with Gasteiger partial charge in [-0.25, -0.2) is 4.79 Å². The third-order valence-electron chi connectivity index (χ3n) is 3.92. The second kappa shape index (κ2) is 10.6. The molecule has 0 atom stereocenters. The van der Waals surface area contributed by atoms with Gasteiger partial charge in [0, 0.05) is 23.2 Å². The predicted molar refractivity (Wildman–Crippen MR) is 106 cm³/mol. The van der Waals surface area contributed by atoms with Crippen LogP contribution < -0.4 is 10.6 Å². The molecule has 0 spiro atoms. The molecular weight excluding hydrogens is 340 g/mol. The maximum absolute atomic E-state index is 11.7. The number of rotatable bonds is 7. The molecule has 2 rings (SSSR count). The van der Waals surface area contributed by atoms with Crippen molar-refractivity contribution in [2.75, 3.05) is 24.2 Å². The molecule has 1 aliphatic carbocycles. The Morgan fingerprint density at radius 3 is 2.88 bits per heavy atom. The first-order chi connectivity index (χ1) is 11.7. The summed E-state index contributed by atoms with van der Waals surface area (Å²) in [7, 11) is 0. The van der Waals surface area contributed by atoms with Crippen molar-refractivity contribution in [3.63, 3.8) is 0 Å². The molecule has 2 N–H and O–H groups in total. The monoisotopic (exact) mass is 366 g/mol. The maximum atomic E-state index is 11.7. The van der Waals surface area contributed by atoms with E-state index in [1.54, 1.807) is 19.1 Å². The number of anilines is 1. The average Bonchev–Trinajstić information content (AvgIpc) is 2.60. The summed E-state index contributed by atoms with van der Waals surface area (Å²) >= 11 is 7.36. The summed E-state index contributed by atoms with van der Waals surface area (Å²) in [5.41, 5.74) is 1.32. The molecule has 132 valence electrons. The van der Waals surface area contributed by atoms with Crippen molar-refractivity contribution >= 4 is 40.7 Å². The molecule has 0 aliphatic heterocycles. The van der Waals surface area contributed by atoms with Crippen molar-refractivity contribution < 1.29 is 9.53 Å². The highest BCUT2D eigenvalue weighted by atomic mass is 32.2. The lowest BCUT2D eigenvalue weighted by Crippen LogP contribution is -2.30. The lowest BCUT2D eigenvalue weighted by molar-refractivity contribution is 0.0526. The highest BCUT2D eigenvalue weighted by molar-refractivity contribution is 7.99. The van der Waals surface area contributed by atoms with Crippen LogP contribution in [0.25, 0.3) is 0 Å². The third-order valence-corrected chi connectivity index (χ3v) is 5.55. The SMILES string of the molecule is CCOC(=O)c1cccc(NC(=S)NCCSC2CCCCC2)c1. The molecule has 0 radical (unpaired) electrons. The smallest absolute Gasteiger partial charge is 0.338 e. The normalized spacial score (nSPS) is 14.9. The van der Waals surface area contributed by atoms with Crippen molar-refractivity contribution in [2.45, 2.75) is 44.3 Å². The van der Waals surface area contributed by atoms with Crippen LogP contribution in [0.15, 0.2) is 24.3 Å². The van der Waals surface area contributed by atoms with Gasteiger partial charge >= 0.3 is 5.97 Å². The van der Waals surface area contributed by atoms with Gasteiger partial charge in [0.05, 0.1) is 12.2 Å². The lowest BCUT2D eigenvalue weighted by atomic mass is 10.0. The molecule has 1 aromatic carbocycles. The van der Waals surface area contributed by atoms with Crippen LogP contribution in [0.5, 0.6) is 0 Å². The van der Waals surface area contributed by atoms with Gasteiger partial charge in [-0.2, -0.15) is 11.8 Å². The van der Waals surface area contributed by atoms with Crippen molar-refractivity contribution in [3.8, 4) is 0 Å². The Hall–Kier alpha value is -1.27. The van der Waals surface area contributed by atoms with E-state index in [1.165, 1.54) is 32.1 Å². The first-order valence-electron chi connectivity index (χ1n) is 8.62. The Labute approximate surface area is 154 Å². The van der Waals surface area contributed by atoms with E-state index < -0.39 is 0 Å². The first-order valence-corrected chi connectivity index (χ1v) is 10.1.